The first-order valence-corrected chi connectivity index (χ1v) is 8.25. The summed E-state index contributed by atoms with van der Waals surface area (Å²) in [5.41, 5.74) is 4.97. The maximum absolute atomic E-state index is 12.8. The number of hydrogen-bond donors (Lipinski definition) is 2. The van der Waals surface area contributed by atoms with Gasteiger partial charge in [0, 0.05) is 6.20 Å². The monoisotopic (exact) mass is 349 g/mol. The van der Waals surface area contributed by atoms with Crippen LogP contribution in [0.15, 0.2) is 47.6 Å². The molecule has 0 saturated carbocycles. The van der Waals surface area contributed by atoms with E-state index in [1.165, 1.54) is 43.0 Å². The fourth-order valence-electron chi connectivity index (χ4n) is 1.78. The highest BCUT2D eigenvalue weighted by molar-refractivity contribution is 7.98. The summed E-state index contributed by atoms with van der Waals surface area (Å²) < 4.78 is 18.2. The lowest BCUT2D eigenvalue weighted by atomic mass is 10.3. The van der Waals surface area contributed by atoms with E-state index in [2.05, 4.69) is 15.8 Å². The number of halogens is 1. The highest BCUT2D eigenvalue weighted by atomic mass is 32.2. The third kappa shape index (κ3) is 4.69. The summed E-state index contributed by atoms with van der Waals surface area (Å²) in [5, 5.41) is 0.555. The van der Waals surface area contributed by atoms with Crippen LogP contribution < -0.4 is 15.6 Å². The SMILES string of the molecule is CSc1ncccc1C(=O)NNC(=O)[C@H](C)Oc1ccc(F)cc1. The molecule has 2 N–H and O–H groups in total. The lowest BCUT2D eigenvalue weighted by Gasteiger charge is -2.15. The molecule has 2 rings (SSSR count). The van der Waals surface area contributed by atoms with Gasteiger partial charge in [-0.25, -0.2) is 9.37 Å². The lowest BCUT2D eigenvalue weighted by molar-refractivity contribution is -0.128. The van der Waals surface area contributed by atoms with Crippen LogP contribution in [-0.4, -0.2) is 29.2 Å². The second-order valence-corrected chi connectivity index (χ2v) is 5.51. The Morgan fingerprint density at radius 2 is 1.92 bits per heavy atom. The Labute approximate surface area is 142 Å². The number of ether oxygens (including phenoxy) is 1. The smallest absolute Gasteiger partial charge is 0.279 e. The van der Waals surface area contributed by atoms with Gasteiger partial charge in [-0.1, -0.05) is 0 Å². The maximum Gasteiger partial charge on any atom is 0.279 e. The van der Waals surface area contributed by atoms with Gasteiger partial charge >= 0.3 is 0 Å². The van der Waals surface area contributed by atoms with Crippen molar-refractivity contribution in [2.24, 2.45) is 0 Å². The van der Waals surface area contributed by atoms with Crippen LogP contribution in [0.3, 0.4) is 0 Å². The van der Waals surface area contributed by atoms with Gasteiger partial charge in [0.15, 0.2) is 6.10 Å². The van der Waals surface area contributed by atoms with Crippen LogP contribution >= 0.6 is 11.8 Å². The molecule has 0 fully saturated rings. The summed E-state index contributed by atoms with van der Waals surface area (Å²) in [4.78, 5) is 28.1. The first-order valence-electron chi connectivity index (χ1n) is 7.02. The number of hydrazine groups is 1. The number of pyridine rings is 1. The third-order valence-electron chi connectivity index (χ3n) is 3.00. The minimum atomic E-state index is -0.871. The van der Waals surface area contributed by atoms with E-state index in [-0.39, 0.29) is 0 Å². The number of carbonyl (C=O) groups is 2. The molecule has 1 aromatic heterocycles. The van der Waals surface area contributed by atoms with Crippen LogP contribution in [0, 0.1) is 5.82 Å². The van der Waals surface area contributed by atoms with E-state index < -0.39 is 23.7 Å². The molecule has 24 heavy (non-hydrogen) atoms. The lowest BCUT2D eigenvalue weighted by Crippen LogP contribution is -2.47. The first-order chi connectivity index (χ1) is 11.5. The number of amides is 2. The zero-order valence-corrected chi connectivity index (χ0v) is 13.9. The molecule has 1 heterocycles. The molecule has 1 atom stereocenters. The second-order valence-electron chi connectivity index (χ2n) is 4.72. The molecule has 8 heteroatoms. The number of aromatic nitrogens is 1. The summed E-state index contributed by atoms with van der Waals surface area (Å²) in [6.07, 6.45) is 2.51. The molecule has 126 valence electrons. The molecule has 0 saturated heterocycles. The van der Waals surface area contributed by atoms with Gasteiger partial charge < -0.3 is 4.74 Å². The van der Waals surface area contributed by atoms with Crippen molar-refractivity contribution in [3.8, 4) is 5.75 Å². The molecule has 2 aromatic rings. The molecule has 0 aliphatic rings. The highest BCUT2D eigenvalue weighted by Crippen LogP contribution is 2.16. The van der Waals surface area contributed by atoms with E-state index >= 15 is 0 Å². The van der Waals surface area contributed by atoms with Crippen LogP contribution in [0.4, 0.5) is 4.39 Å². The van der Waals surface area contributed by atoms with Gasteiger partial charge in [0.05, 0.1) is 5.56 Å². The largest absolute Gasteiger partial charge is 0.481 e. The van der Waals surface area contributed by atoms with Crippen molar-refractivity contribution in [3.05, 3.63) is 54.0 Å². The minimum absolute atomic E-state index is 0.349. The number of carbonyl (C=O) groups excluding carboxylic acids is 2. The molecule has 0 aliphatic heterocycles. The number of hydrogen-bond acceptors (Lipinski definition) is 5. The van der Waals surface area contributed by atoms with Crippen LogP contribution in [0.1, 0.15) is 17.3 Å². The quantitative estimate of drug-likeness (QED) is 0.639. The van der Waals surface area contributed by atoms with Crippen molar-refractivity contribution in [1.82, 2.24) is 15.8 Å². The van der Waals surface area contributed by atoms with Crippen molar-refractivity contribution in [3.63, 3.8) is 0 Å². The third-order valence-corrected chi connectivity index (χ3v) is 3.72. The molecule has 0 spiro atoms. The van der Waals surface area contributed by atoms with Crippen molar-refractivity contribution < 1.29 is 18.7 Å². The normalized spacial score (nSPS) is 11.5. The van der Waals surface area contributed by atoms with Gasteiger partial charge in [0.25, 0.3) is 11.8 Å². The maximum atomic E-state index is 12.8. The van der Waals surface area contributed by atoms with Crippen LogP contribution in [0.5, 0.6) is 5.75 Å². The van der Waals surface area contributed by atoms with E-state index in [1.807, 2.05) is 0 Å². The summed E-state index contributed by atoms with van der Waals surface area (Å²) in [7, 11) is 0. The average Bonchev–Trinajstić information content (AvgIpc) is 2.61. The number of rotatable bonds is 5. The van der Waals surface area contributed by atoms with Gasteiger partial charge in [-0.2, -0.15) is 0 Å². The molecule has 6 nitrogen and oxygen atoms in total. The fraction of sp³-hybridized carbons (Fsp3) is 0.188. The summed E-state index contributed by atoms with van der Waals surface area (Å²) in [6, 6.07) is 8.54. The topological polar surface area (TPSA) is 80.3 Å². The molecule has 0 radical (unpaired) electrons. The van der Waals surface area contributed by atoms with E-state index in [0.717, 1.165) is 0 Å². The molecule has 0 bridgehead atoms. The number of benzene rings is 1. The van der Waals surface area contributed by atoms with Crippen LogP contribution in [0.2, 0.25) is 0 Å². The number of nitrogens with zero attached hydrogens (tertiary/aromatic N) is 1. The Bertz CT molecular complexity index is 725. The first kappa shape index (κ1) is 17.7. The Morgan fingerprint density at radius 1 is 1.21 bits per heavy atom. The van der Waals surface area contributed by atoms with Gasteiger partial charge in [0.1, 0.15) is 16.6 Å². The van der Waals surface area contributed by atoms with E-state index in [4.69, 9.17) is 4.74 Å². The highest BCUT2D eigenvalue weighted by Gasteiger charge is 2.17. The minimum Gasteiger partial charge on any atom is -0.481 e. The molecular formula is C16H16FN3O3S. The van der Waals surface area contributed by atoms with Crippen LogP contribution in [0.25, 0.3) is 0 Å². The molecule has 0 unspecified atom stereocenters. The van der Waals surface area contributed by atoms with Crippen LogP contribution in [-0.2, 0) is 4.79 Å². The molecular weight excluding hydrogens is 333 g/mol. The molecule has 2 amide bonds. The number of thioether (sulfide) groups is 1. The fourth-order valence-corrected chi connectivity index (χ4v) is 2.33. The zero-order valence-electron chi connectivity index (χ0n) is 13.1. The van der Waals surface area contributed by atoms with Gasteiger partial charge in [-0.05, 0) is 49.6 Å². The Balaban J connectivity index is 1.90. The zero-order chi connectivity index (χ0) is 17.5. The standard InChI is InChI=1S/C16H16FN3O3S/c1-10(23-12-7-5-11(17)6-8-12)14(21)19-20-15(22)13-4-3-9-18-16(13)24-2/h3-10H,1-2H3,(H,19,21)(H,20,22)/t10-/m0/s1. The summed E-state index contributed by atoms with van der Waals surface area (Å²) in [5.74, 6) is -1.06. The Kier molecular flexibility index (Phi) is 6.14. The van der Waals surface area contributed by atoms with Crippen molar-refractivity contribution >= 4 is 23.6 Å². The van der Waals surface area contributed by atoms with Gasteiger partial charge in [-0.3, -0.25) is 20.4 Å². The molecule has 1 aromatic carbocycles. The van der Waals surface area contributed by atoms with Crippen molar-refractivity contribution in [2.75, 3.05) is 6.26 Å². The van der Waals surface area contributed by atoms with E-state index in [0.29, 0.717) is 16.3 Å². The van der Waals surface area contributed by atoms with E-state index in [1.54, 1.807) is 24.6 Å². The second kappa shape index (κ2) is 8.30. The van der Waals surface area contributed by atoms with E-state index in [9.17, 15) is 14.0 Å². The predicted molar refractivity (Wildman–Crippen MR) is 88.1 cm³/mol. The van der Waals surface area contributed by atoms with Gasteiger partial charge in [0.2, 0.25) is 0 Å². The predicted octanol–water partition coefficient (Wildman–Crippen LogP) is 2.17. The summed E-state index contributed by atoms with van der Waals surface area (Å²) >= 11 is 1.33. The number of nitrogens with one attached hydrogen (secondary N) is 2. The average molecular weight is 349 g/mol. The van der Waals surface area contributed by atoms with Crippen molar-refractivity contribution in [1.29, 1.82) is 0 Å². The Hall–Kier alpha value is -2.61. The molecule has 0 aliphatic carbocycles. The van der Waals surface area contributed by atoms with Gasteiger partial charge in [-0.15, -0.1) is 11.8 Å². The van der Waals surface area contributed by atoms with Crippen molar-refractivity contribution in [2.45, 2.75) is 18.1 Å². The Morgan fingerprint density at radius 3 is 2.58 bits per heavy atom. The summed E-state index contributed by atoms with van der Waals surface area (Å²) in [6.45, 7) is 1.52.